The van der Waals surface area contributed by atoms with Gasteiger partial charge in [-0.2, -0.15) is 13.2 Å². The number of nitrogens with zero attached hydrogens (tertiary/aromatic N) is 2. The molecule has 0 saturated heterocycles. The number of aliphatic hydroxyl groups excluding tert-OH is 1. The highest BCUT2D eigenvalue weighted by molar-refractivity contribution is 6.17. The second-order valence-electron chi connectivity index (χ2n) is 4.35. The molecule has 0 bridgehead atoms. The molecule has 0 aliphatic heterocycles. The molecule has 0 amide bonds. The maximum Gasteiger partial charge on any atom is 0.416 e. The summed E-state index contributed by atoms with van der Waals surface area (Å²) in [5.74, 6) is 0.517. The van der Waals surface area contributed by atoms with Gasteiger partial charge in [0.15, 0.2) is 5.82 Å². The van der Waals surface area contributed by atoms with Gasteiger partial charge in [-0.15, -0.1) is 11.6 Å². The number of aliphatic hydroxyl groups is 1. The summed E-state index contributed by atoms with van der Waals surface area (Å²) in [6.07, 6.45) is -2.53. The van der Waals surface area contributed by atoms with Crippen molar-refractivity contribution in [2.45, 2.75) is 18.5 Å². The minimum Gasteiger partial charge on any atom is -0.396 e. The van der Waals surface area contributed by atoms with Crippen LogP contribution in [-0.2, 0) is 18.5 Å². The van der Waals surface area contributed by atoms with Gasteiger partial charge in [-0.05, 0) is 12.1 Å². The van der Waals surface area contributed by atoms with Crippen LogP contribution in [0.3, 0.4) is 0 Å². The summed E-state index contributed by atoms with van der Waals surface area (Å²) in [5, 5.41) is 9.00. The van der Waals surface area contributed by atoms with Crippen LogP contribution in [0.15, 0.2) is 30.5 Å². The van der Waals surface area contributed by atoms with Crippen LogP contribution in [0.25, 0.3) is 11.4 Å². The molecule has 0 unspecified atom stereocenters. The van der Waals surface area contributed by atoms with Crippen molar-refractivity contribution in [2.75, 3.05) is 6.61 Å². The van der Waals surface area contributed by atoms with E-state index >= 15 is 0 Å². The van der Waals surface area contributed by atoms with E-state index in [9.17, 15) is 13.2 Å². The summed E-state index contributed by atoms with van der Waals surface area (Å²) >= 11 is 5.75. The fraction of sp³-hybridized carbons (Fsp3) is 0.286. The molecule has 21 heavy (non-hydrogen) atoms. The Morgan fingerprint density at radius 1 is 1.14 bits per heavy atom. The molecular weight excluding hydrogens is 305 g/mol. The number of halogens is 4. The van der Waals surface area contributed by atoms with Gasteiger partial charge in [-0.3, -0.25) is 0 Å². The van der Waals surface area contributed by atoms with Crippen molar-refractivity contribution in [3.8, 4) is 11.4 Å². The largest absolute Gasteiger partial charge is 0.416 e. The lowest BCUT2D eigenvalue weighted by atomic mass is 10.1. The van der Waals surface area contributed by atoms with Crippen molar-refractivity contribution in [3.63, 3.8) is 0 Å². The summed E-state index contributed by atoms with van der Waals surface area (Å²) in [6.45, 7) is -0.0899. The highest BCUT2D eigenvalue weighted by Gasteiger charge is 2.30. The second kappa shape index (κ2) is 6.41. The van der Waals surface area contributed by atoms with Crippen LogP contribution in [0.2, 0.25) is 0 Å². The summed E-state index contributed by atoms with van der Waals surface area (Å²) in [4.78, 5) is 8.35. The Hall–Kier alpha value is -1.66. The molecule has 0 aliphatic carbocycles. The first-order valence-electron chi connectivity index (χ1n) is 6.15. The Morgan fingerprint density at radius 3 is 2.33 bits per heavy atom. The van der Waals surface area contributed by atoms with Crippen LogP contribution in [0.5, 0.6) is 0 Å². The van der Waals surface area contributed by atoms with Crippen LogP contribution in [0.4, 0.5) is 13.2 Å². The third kappa shape index (κ3) is 3.71. The maximum atomic E-state index is 12.5. The van der Waals surface area contributed by atoms with Gasteiger partial charge in [0.25, 0.3) is 0 Å². The number of alkyl halides is 4. The Kier molecular flexibility index (Phi) is 4.80. The fourth-order valence-corrected chi connectivity index (χ4v) is 2.05. The number of hydrogen-bond donors (Lipinski definition) is 1. The average Bonchev–Trinajstić information content (AvgIpc) is 2.47. The maximum absolute atomic E-state index is 12.5. The smallest absolute Gasteiger partial charge is 0.396 e. The molecule has 112 valence electrons. The van der Waals surface area contributed by atoms with E-state index in [1.54, 1.807) is 0 Å². The summed E-state index contributed by atoms with van der Waals surface area (Å²) in [5.41, 5.74) is 1.04. The molecule has 2 rings (SSSR count). The lowest BCUT2D eigenvalue weighted by Crippen LogP contribution is -2.05. The van der Waals surface area contributed by atoms with E-state index in [2.05, 4.69) is 9.97 Å². The Balaban J connectivity index is 2.35. The molecule has 0 spiro atoms. The van der Waals surface area contributed by atoms with Crippen molar-refractivity contribution in [3.05, 3.63) is 47.3 Å². The van der Waals surface area contributed by atoms with Gasteiger partial charge in [0.2, 0.25) is 0 Å². The molecule has 1 aromatic heterocycles. The van der Waals surface area contributed by atoms with E-state index in [0.29, 0.717) is 29.1 Å². The van der Waals surface area contributed by atoms with Crippen molar-refractivity contribution in [1.29, 1.82) is 0 Å². The van der Waals surface area contributed by atoms with Gasteiger partial charge in [0, 0.05) is 30.4 Å². The summed E-state index contributed by atoms with van der Waals surface area (Å²) in [7, 11) is 0. The SMILES string of the molecule is OCCc1nc(-c2ccc(C(F)(F)F)cc2)ncc1CCl. The highest BCUT2D eigenvalue weighted by atomic mass is 35.5. The zero-order valence-corrected chi connectivity index (χ0v) is 11.6. The molecule has 1 heterocycles. The quantitative estimate of drug-likeness (QED) is 0.879. The van der Waals surface area contributed by atoms with E-state index in [-0.39, 0.29) is 12.5 Å². The van der Waals surface area contributed by atoms with E-state index in [1.807, 2.05) is 0 Å². The third-order valence-corrected chi connectivity index (χ3v) is 3.21. The molecule has 7 heteroatoms. The molecule has 1 aromatic carbocycles. The minimum absolute atomic E-state index is 0.0899. The average molecular weight is 317 g/mol. The highest BCUT2D eigenvalue weighted by Crippen LogP contribution is 2.30. The number of aromatic nitrogens is 2. The van der Waals surface area contributed by atoms with Gasteiger partial charge in [-0.1, -0.05) is 12.1 Å². The monoisotopic (exact) mass is 316 g/mol. The molecule has 0 fully saturated rings. The van der Waals surface area contributed by atoms with Crippen LogP contribution < -0.4 is 0 Å². The second-order valence-corrected chi connectivity index (χ2v) is 4.62. The van der Waals surface area contributed by atoms with Crippen LogP contribution in [-0.4, -0.2) is 21.7 Å². The van der Waals surface area contributed by atoms with Crippen molar-refractivity contribution in [1.82, 2.24) is 9.97 Å². The first-order chi connectivity index (χ1) is 9.95. The lowest BCUT2D eigenvalue weighted by Gasteiger charge is -2.09. The van der Waals surface area contributed by atoms with E-state index < -0.39 is 11.7 Å². The number of rotatable bonds is 4. The van der Waals surface area contributed by atoms with Gasteiger partial charge in [-0.25, -0.2) is 9.97 Å². The molecule has 0 aliphatic rings. The van der Waals surface area contributed by atoms with Crippen LogP contribution >= 0.6 is 11.6 Å². The Labute approximate surface area is 124 Å². The zero-order chi connectivity index (χ0) is 15.5. The molecule has 2 aromatic rings. The number of benzene rings is 1. The zero-order valence-electron chi connectivity index (χ0n) is 10.9. The summed E-state index contributed by atoms with van der Waals surface area (Å²) in [6, 6.07) is 4.61. The van der Waals surface area contributed by atoms with Crippen LogP contribution in [0.1, 0.15) is 16.8 Å². The normalized spacial score (nSPS) is 11.7. The van der Waals surface area contributed by atoms with Gasteiger partial charge >= 0.3 is 6.18 Å². The first-order valence-corrected chi connectivity index (χ1v) is 6.68. The van der Waals surface area contributed by atoms with Crippen molar-refractivity contribution >= 4 is 11.6 Å². The number of hydrogen-bond acceptors (Lipinski definition) is 3. The molecule has 0 saturated carbocycles. The van der Waals surface area contributed by atoms with Crippen LogP contribution in [0, 0.1) is 0 Å². The topological polar surface area (TPSA) is 46.0 Å². The molecule has 1 N–H and O–H groups in total. The predicted octanol–water partition coefficient (Wildman–Crippen LogP) is 3.44. The van der Waals surface area contributed by atoms with E-state index in [0.717, 1.165) is 12.1 Å². The molecule has 3 nitrogen and oxygen atoms in total. The molecule has 0 radical (unpaired) electrons. The van der Waals surface area contributed by atoms with Crippen molar-refractivity contribution < 1.29 is 18.3 Å². The predicted molar refractivity (Wildman–Crippen MR) is 72.8 cm³/mol. The summed E-state index contributed by atoms with van der Waals surface area (Å²) < 4.78 is 37.5. The first kappa shape index (κ1) is 15.7. The molecular formula is C14H12ClF3N2O. The van der Waals surface area contributed by atoms with Gasteiger partial charge in [0.1, 0.15) is 0 Å². The Bertz CT molecular complexity index is 615. The van der Waals surface area contributed by atoms with Crippen molar-refractivity contribution in [2.24, 2.45) is 0 Å². The fourth-order valence-electron chi connectivity index (χ4n) is 1.82. The van der Waals surface area contributed by atoms with E-state index in [4.69, 9.17) is 16.7 Å². The third-order valence-electron chi connectivity index (χ3n) is 2.92. The van der Waals surface area contributed by atoms with Gasteiger partial charge < -0.3 is 5.11 Å². The molecule has 0 atom stereocenters. The minimum atomic E-state index is -4.37. The standard InChI is InChI=1S/C14H12ClF3N2O/c15-7-10-8-19-13(20-12(10)5-6-21)9-1-3-11(4-2-9)14(16,17)18/h1-4,8,21H,5-7H2. The lowest BCUT2D eigenvalue weighted by molar-refractivity contribution is -0.137. The van der Waals surface area contributed by atoms with E-state index in [1.165, 1.54) is 18.3 Å². The Morgan fingerprint density at radius 2 is 1.81 bits per heavy atom. The van der Waals surface area contributed by atoms with Gasteiger partial charge in [0.05, 0.1) is 17.1 Å².